The quantitative estimate of drug-likeness (QED) is 0.857. The van der Waals surface area contributed by atoms with Crippen LogP contribution in [0, 0.1) is 13.8 Å². The summed E-state index contributed by atoms with van der Waals surface area (Å²) < 4.78 is 5.13. The molecule has 7 heteroatoms. The summed E-state index contributed by atoms with van der Waals surface area (Å²) in [5.74, 6) is 0.622. The first-order chi connectivity index (χ1) is 11.1. The van der Waals surface area contributed by atoms with Gasteiger partial charge in [0.05, 0.1) is 30.0 Å². The van der Waals surface area contributed by atoms with Crippen molar-refractivity contribution in [3.05, 3.63) is 33.9 Å². The van der Waals surface area contributed by atoms with E-state index in [-0.39, 0.29) is 5.91 Å². The topological polar surface area (TPSA) is 58.6 Å². The molecule has 0 spiro atoms. The second-order valence-electron chi connectivity index (χ2n) is 5.55. The van der Waals surface area contributed by atoms with Gasteiger partial charge in [-0.1, -0.05) is 0 Å². The van der Waals surface area contributed by atoms with E-state index in [9.17, 15) is 4.79 Å². The van der Waals surface area contributed by atoms with E-state index in [2.05, 4.69) is 14.9 Å². The predicted octanol–water partition coefficient (Wildman–Crippen LogP) is 2.01. The Bertz CT molecular complexity index is 716. The Kier molecular flexibility index (Phi) is 4.58. The number of nitrogens with zero attached hydrogens (tertiary/aromatic N) is 4. The number of methoxy groups -OCH3 is 1. The highest BCUT2D eigenvalue weighted by Crippen LogP contribution is 2.23. The molecule has 2 aromatic rings. The molecule has 0 N–H and O–H groups in total. The van der Waals surface area contributed by atoms with Gasteiger partial charge < -0.3 is 9.64 Å². The van der Waals surface area contributed by atoms with E-state index in [1.165, 1.54) is 4.88 Å². The van der Waals surface area contributed by atoms with E-state index in [0.717, 1.165) is 29.5 Å². The molecule has 1 aliphatic rings. The molecular formula is C16H20N4O2S. The zero-order valence-electron chi connectivity index (χ0n) is 13.6. The number of piperazine rings is 1. The summed E-state index contributed by atoms with van der Waals surface area (Å²) in [7, 11) is 1.57. The van der Waals surface area contributed by atoms with Crippen LogP contribution in [0.1, 0.15) is 15.6 Å². The number of carbonyl (C=O) groups is 1. The van der Waals surface area contributed by atoms with Crippen LogP contribution >= 0.6 is 11.3 Å². The van der Waals surface area contributed by atoms with Crippen molar-refractivity contribution >= 4 is 22.9 Å². The molecule has 0 aromatic carbocycles. The summed E-state index contributed by atoms with van der Waals surface area (Å²) in [5, 5.41) is 1.08. The third-order valence-electron chi connectivity index (χ3n) is 3.91. The number of anilines is 1. The monoisotopic (exact) mass is 332 g/mol. The lowest BCUT2D eigenvalue weighted by Gasteiger charge is -2.34. The molecule has 1 fully saturated rings. The van der Waals surface area contributed by atoms with Crippen LogP contribution in [0.3, 0.4) is 0 Å². The highest BCUT2D eigenvalue weighted by Gasteiger charge is 2.26. The van der Waals surface area contributed by atoms with Crippen molar-refractivity contribution in [1.29, 1.82) is 0 Å². The molecule has 0 atom stereocenters. The van der Waals surface area contributed by atoms with Crippen LogP contribution in [0.4, 0.5) is 5.69 Å². The third-order valence-corrected chi connectivity index (χ3v) is 4.96. The number of carbonyl (C=O) groups excluding carboxylic acids is 1. The fourth-order valence-electron chi connectivity index (χ4n) is 2.73. The fourth-order valence-corrected chi connectivity index (χ4v) is 3.71. The number of thiazole rings is 1. The van der Waals surface area contributed by atoms with Gasteiger partial charge in [-0.2, -0.15) is 0 Å². The van der Waals surface area contributed by atoms with E-state index in [0.29, 0.717) is 19.0 Å². The number of ether oxygens (including phenoxy) is 1. The predicted molar refractivity (Wildman–Crippen MR) is 90.0 cm³/mol. The number of aryl methyl sites for hydroxylation is 2. The van der Waals surface area contributed by atoms with Gasteiger partial charge in [-0.05, 0) is 19.9 Å². The molecule has 1 amide bonds. The van der Waals surface area contributed by atoms with Crippen molar-refractivity contribution in [3.8, 4) is 5.88 Å². The molecule has 23 heavy (non-hydrogen) atoms. The van der Waals surface area contributed by atoms with E-state index in [1.54, 1.807) is 35.6 Å². The first-order valence-corrected chi connectivity index (χ1v) is 8.34. The van der Waals surface area contributed by atoms with Crippen LogP contribution in [-0.4, -0.2) is 47.5 Å². The van der Waals surface area contributed by atoms with E-state index in [1.807, 2.05) is 19.9 Å². The lowest BCUT2D eigenvalue weighted by molar-refractivity contribution is -0.121. The van der Waals surface area contributed by atoms with E-state index in [4.69, 9.17) is 4.74 Å². The zero-order valence-corrected chi connectivity index (χ0v) is 14.4. The minimum absolute atomic E-state index is 0.100. The zero-order chi connectivity index (χ0) is 16.4. The normalized spacial score (nSPS) is 16.0. The first-order valence-electron chi connectivity index (χ1n) is 7.52. The molecule has 0 bridgehead atoms. The third kappa shape index (κ3) is 3.51. The average Bonchev–Trinajstić information content (AvgIpc) is 2.85. The maximum Gasteiger partial charge on any atom is 0.241 e. The van der Waals surface area contributed by atoms with Crippen LogP contribution in [-0.2, 0) is 11.3 Å². The number of hydrogen-bond acceptors (Lipinski definition) is 6. The van der Waals surface area contributed by atoms with Gasteiger partial charge in [0.2, 0.25) is 11.8 Å². The second-order valence-corrected chi connectivity index (χ2v) is 6.84. The summed E-state index contributed by atoms with van der Waals surface area (Å²) in [6.45, 7) is 6.76. The highest BCUT2D eigenvalue weighted by atomic mass is 32.1. The molecular weight excluding hydrogens is 312 g/mol. The Morgan fingerprint density at radius 1 is 1.35 bits per heavy atom. The maximum atomic E-state index is 12.5. The number of aromatic nitrogens is 2. The molecule has 3 heterocycles. The minimum atomic E-state index is 0.100. The van der Waals surface area contributed by atoms with Gasteiger partial charge in [0.25, 0.3) is 0 Å². The lowest BCUT2D eigenvalue weighted by Crippen LogP contribution is -2.50. The van der Waals surface area contributed by atoms with Gasteiger partial charge in [0.1, 0.15) is 0 Å². The van der Waals surface area contributed by atoms with Crippen LogP contribution < -0.4 is 9.64 Å². The maximum absolute atomic E-state index is 12.5. The van der Waals surface area contributed by atoms with Gasteiger partial charge in [0, 0.05) is 36.8 Å². The summed E-state index contributed by atoms with van der Waals surface area (Å²) in [6, 6.07) is 3.64. The summed E-state index contributed by atoms with van der Waals surface area (Å²) >= 11 is 1.71. The Balaban J connectivity index is 1.67. The Labute approximate surface area is 139 Å². The second kappa shape index (κ2) is 6.64. The largest absolute Gasteiger partial charge is 0.481 e. The molecule has 1 saturated heterocycles. The summed E-state index contributed by atoms with van der Waals surface area (Å²) in [5.41, 5.74) is 1.91. The van der Waals surface area contributed by atoms with Gasteiger partial charge in [-0.3, -0.25) is 9.69 Å². The van der Waals surface area contributed by atoms with Crippen LogP contribution in [0.2, 0.25) is 0 Å². The van der Waals surface area contributed by atoms with Gasteiger partial charge >= 0.3 is 0 Å². The molecule has 6 nitrogen and oxygen atoms in total. The first kappa shape index (κ1) is 15.9. The van der Waals surface area contributed by atoms with Crippen molar-refractivity contribution in [2.24, 2.45) is 0 Å². The lowest BCUT2D eigenvalue weighted by atomic mass is 10.2. The van der Waals surface area contributed by atoms with Crippen molar-refractivity contribution in [2.75, 3.05) is 31.6 Å². The van der Waals surface area contributed by atoms with Crippen LogP contribution in [0.5, 0.6) is 5.88 Å². The number of hydrogen-bond donors (Lipinski definition) is 0. The molecule has 0 radical (unpaired) electrons. The molecule has 1 aliphatic heterocycles. The number of rotatable bonds is 4. The summed E-state index contributed by atoms with van der Waals surface area (Å²) in [6.07, 6.45) is 1.66. The molecule has 122 valence electrons. The molecule has 0 saturated carbocycles. The smallest absolute Gasteiger partial charge is 0.241 e. The van der Waals surface area contributed by atoms with Crippen molar-refractivity contribution in [2.45, 2.75) is 20.4 Å². The van der Waals surface area contributed by atoms with Crippen molar-refractivity contribution in [3.63, 3.8) is 0 Å². The van der Waals surface area contributed by atoms with Gasteiger partial charge in [-0.25, -0.2) is 9.97 Å². The number of amides is 1. The van der Waals surface area contributed by atoms with E-state index < -0.39 is 0 Å². The minimum Gasteiger partial charge on any atom is -0.481 e. The summed E-state index contributed by atoms with van der Waals surface area (Å²) in [4.78, 5) is 26.3. The average molecular weight is 332 g/mol. The molecule has 0 unspecified atom stereocenters. The van der Waals surface area contributed by atoms with Crippen LogP contribution in [0.25, 0.3) is 0 Å². The fraction of sp³-hybridized carbons (Fsp3) is 0.438. The Hall–Kier alpha value is -1.99. The standard InChI is InChI=1S/C16H20N4O2S/c1-11-14(23-12(2)18-11)9-19-6-7-20(16(21)10-19)13-4-5-17-15(8-13)22-3/h4-5,8H,6-7,9-10H2,1-3H3. The Morgan fingerprint density at radius 2 is 2.17 bits per heavy atom. The number of pyridine rings is 1. The highest BCUT2D eigenvalue weighted by molar-refractivity contribution is 7.11. The molecule has 2 aromatic heterocycles. The Morgan fingerprint density at radius 3 is 2.83 bits per heavy atom. The van der Waals surface area contributed by atoms with Gasteiger partial charge in [0.15, 0.2) is 0 Å². The van der Waals surface area contributed by atoms with E-state index >= 15 is 0 Å². The van der Waals surface area contributed by atoms with Crippen molar-refractivity contribution in [1.82, 2.24) is 14.9 Å². The SMILES string of the molecule is COc1cc(N2CCN(Cc3sc(C)nc3C)CC2=O)ccn1. The molecule has 3 rings (SSSR count). The molecule has 0 aliphatic carbocycles. The van der Waals surface area contributed by atoms with Gasteiger partial charge in [-0.15, -0.1) is 11.3 Å². The van der Waals surface area contributed by atoms with Crippen molar-refractivity contribution < 1.29 is 9.53 Å². The van der Waals surface area contributed by atoms with Crippen LogP contribution in [0.15, 0.2) is 18.3 Å².